The van der Waals surface area contributed by atoms with Crippen LogP contribution in [0.3, 0.4) is 0 Å². The quantitative estimate of drug-likeness (QED) is 0.651. The van der Waals surface area contributed by atoms with Crippen LogP contribution >= 0.6 is 0 Å². The standard InChI is InChI=1S/C18H31NSi/c1-13(2)20(14(3)4,15(5)6)19-16(7)12-17-10-8-9-11-18(17)19/h8-11,13-16H,12H2,1-7H3. The van der Waals surface area contributed by atoms with Crippen molar-refractivity contribution in [1.82, 2.24) is 0 Å². The first kappa shape index (κ1) is 15.6. The van der Waals surface area contributed by atoms with E-state index in [1.54, 1.807) is 5.56 Å². The topological polar surface area (TPSA) is 3.24 Å². The Bertz CT molecular complexity index is 442. The first-order valence-electron chi connectivity index (χ1n) is 8.20. The summed E-state index contributed by atoms with van der Waals surface area (Å²) in [5, 5.41) is 0. The van der Waals surface area contributed by atoms with Crippen molar-refractivity contribution in [1.29, 1.82) is 0 Å². The van der Waals surface area contributed by atoms with E-state index in [0.29, 0.717) is 6.04 Å². The van der Waals surface area contributed by atoms with Crippen LogP contribution in [-0.4, -0.2) is 14.3 Å². The minimum Gasteiger partial charge on any atom is -0.394 e. The number of fused-ring (bicyclic) bond motifs is 1. The molecule has 0 spiro atoms. The van der Waals surface area contributed by atoms with E-state index >= 15 is 0 Å². The smallest absolute Gasteiger partial charge is 0.164 e. The molecule has 2 rings (SSSR count). The van der Waals surface area contributed by atoms with Gasteiger partial charge in [-0.2, -0.15) is 0 Å². The molecule has 0 radical (unpaired) electrons. The number of para-hydroxylation sites is 1. The summed E-state index contributed by atoms with van der Waals surface area (Å²) in [4.78, 5) is 0. The summed E-state index contributed by atoms with van der Waals surface area (Å²) in [5.41, 5.74) is 5.41. The van der Waals surface area contributed by atoms with Crippen molar-refractivity contribution in [3.63, 3.8) is 0 Å². The van der Waals surface area contributed by atoms with Crippen molar-refractivity contribution in [3.05, 3.63) is 29.8 Å². The van der Waals surface area contributed by atoms with Gasteiger partial charge in [-0.25, -0.2) is 0 Å². The minimum absolute atomic E-state index is 0.659. The van der Waals surface area contributed by atoms with Gasteiger partial charge in [0.05, 0.1) is 0 Å². The second-order valence-electron chi connectivity index (χ2n) is 7.40. The summed E-state index contributed by atoms with van der Waals surface area (Å²) in [6.07, 6.45) is 1.22. The summed E-state index contributed by atoms with van der Waals surface area (Å²) < 4.78 is 2.89. The number of hydrogen-bond donors (Lipinski definition) is 0. The van der Waals surface area contributed by atoms with E-state index in [0.717, 1.165) is 16.6 Å². The molecule has 1 nitrogen and oxygen atoms in total. The highest BCUT2D eigenvalue weighted by Gasteiger charge is 2.51. The maximum Gasteiger partial charge on any atom is 0.164 e. The van der Waals surface area contributed by atoms with E-state index in [9.17, 15) is 0 Å². The van der Waals surface area contributed by atoms with Gasteiger partial charge in [-0.15, -0.1) is 0 Å². The highest BCUT2D eigenvalue weighted by Crippen LogP contribution is 2.49. The fourth-order valence-corrected chi connectivity index (χ4v) is 12.1. The second-order valence-corrected chi connectivity index (χ2v) is 13.1. The van der Waals surface area contributed by atoms with Gasteiger partial charge in [0.1, 0.15) is 0 Å². The Morgan fingerprint density at radius 1 is 0.950 bits per heavy atom. The SMILES string of the molecule is CC1Cc2ccccc2N1[Si](C(C)C)(C(C)C)C(C)C. The average Bonchev–Trinajstić information content (AvgIpc) is 2.66. The molecular formula is C18H31NSi. The number of benzene rings is 1. The Labute approximate surface area is 126 Å². The van der Waals surface area contributed by atoms with Crippen LogP contribution in [0.4, 0.5) is 5.69 Å². The lowest BCUT2D eigenvalue weighted by molar-refractivity contribution is 0.704. The average molecular weight is 290 g/mol. The lowest BCUT2D eigenvalue weighted by Gasteiger charge is -2.53. The summed E-state index contributed by atoms with van der Waals surface area (Å²) in [7, 11) is -1.58. The molecule has 0 N–H and O–H groups in total. The van der Waals surface area contributed by atoms with Crippen molar-refractivity contribution in [3.8, 4) is 0 Å². The van der Waals surface area contributed by atoms with Crippen molar-refractivity contribution < 1.29 is 0 Å². The molecule has 1 aliphatic rings. The zero-order chi connectivity index (χ0) is 15.1. The maximum absolute atomic E-state index is 2.89. The van der Waals surface area contributed by atoms with Crippen molar-refractivity contribution in [2.24, 2.45) is 0 Å². The third-order valence-electron chi connectivity index (χ3n) is 5.40. The molecule has 0 saturated heterocycles. The summed E-state index contributed by atoms with van der Waals surface area (Å²) in [6.45, 7) is 17.2. The van der Waals surface area contributed by atoms with Crippen LogP contribution in [0, 0.1) is 0 Å². The van der Waals surface area contributed by atoms with Gasteiger partial charge >= 0.3 is 0 Å². The van der Waals surface area contributed by atoms with E-state index in [-0.39, 0.29) is 0 Å². The maximum atomic E-state index is 2.89. The largest absolute Gasteiger partial charge is 0.394 e. The molecule has 1 heterocycles. The van der Waals surface area contributed by atoms with Gasteiger partial charge in [0.15, 0.2) is 8.24 Å². The third-order valence-corrected chi connectivity index (χ3v) is 12.5. The number of anilines is 1. The third kappa shape index (κ3) is 2.13. The summed E-state index contributed by atoms with van der Waals surface area (Å²) >= 11 is 0. The molecule has 112 valence electrons. The van der Waals surface area contributed by atoms with E-state index in [1.807, 2.05) is 0 Å². The lowest BCUT2D eigenvalue weighted by atomic mass is 10.1. The van der Waals surface area contributed by atoms with Gasteiger partial charge < -0.3 is 4.57 Å². The van der Waals surface area contributed by atoms with Crippen LogP contribution in [0.15, 0.2) is 24.3 Å². The molecule has 0 fully saturated rings. The Hall–Kier alpha value is -0.763. The predicted octanol–water partition coefficient (Wildman–Crippen LogP) is 5.61. The number of hydrogen-bond acceptors (Lipinski definition) is 1. The van der Waals surface area contributed by atoms with Gasteiger partial charge in [-0.1, -0.05) is 59.7 Å². The molecule has 0 aliphatic carbocycles. The first-order valence-corrected chi connectivity index (χ1v) is 10.4. The predicted molar refractivity (Wildman–Crippen MR) is 93.1 cm³/mol. The van der Waals surface area contributed by atoms with Crippen LogP contribution in [0.25, 0.3) is 0 Å². The molecule has 1 aliphatic heterocycles. The van der Waals surface area contributed by atoms with Gasteiger partial charge in [0, 0.05) is 11.7 Å². The van der Waals surface area contributed by atoms with E-state index in [1.165, 1.54) is 12.1 Å². The normalized spacial score (nSPS) is 19.3. The minimum atomic E-state index is -1.58. The van der Waals surface area contributed by atoms with Crippen LogP contribution in [0.5, 0.6) is 0 Å². The van der Waals surface area contributed by atoms with E-state index in [2.05, 4.69) is 77.3 Å². The van der Waals surface area contributed by atoms with Crippen LogP contribution in [0.2, 0.25) is 16.6 Å². The highest BCUT2D eigenvalue weighted by molar-refractivity contribution is 6.87. The summed E-state index contributed by atoms with van der Waals surface area (Å²) in [6, 6.07) is 9.74. The zero-order valence-electron chi connectivity index (χ0n) is 14.3. The van der Waals surface area contributed by atoms with Gasteiger partial charge in [-0.05, 0) is 41.6 Å². The molecular weight excluding hydrogens is 258 g/mol. The van der Waals surface area contributed by atoms with Crippen LogP contribution in [0.1, 0.15) is 54.0 Å². The molecule has 1 atom stereocenters. The monoisotopic (exact) mass is 289 g/mol. The fourth-order valence-electron chi connectivity index (χ4n) is 4.99. The second kappa shape index (κ2) is 5.55. The molecule has 1 unspecified atom stereocenters. The van der Waals surface area contributed by atoms with Gasteiger partial charge in [-0.3, -0.25) is 0 Å². The van der Waals surface area contributed by atoms with Crippen LogP contribution < -0.4 is 4.57 Å². The molecule has 0 aromatic heterocycles. The fraction of sp³-hybridized carbons (Fsp3) is 0.667. The molecule has 0 bridgehead atoms. The van der Waals surface area contributed by atoms with Crippen LogP contribution in [-0.2, 0) is 6.42 Å². The van der Waals surface area contributed by atoms with E-state index < -0.39 is 8.24 Å². The highest BCUT2D eigenvalue weighted by atomic mass is 28.3. The number of rotatable bonds is 4. The first-order chi connectivity index (χ1) is 9.33. The van der Waals surface area contributed by atoms with Crippen molar-refractivity contribution in [2.75, 3.05) is 4.57 Å². The Kier molecular flexibility index (Phi) is 4.34. The molecule has 20 heavy (non-hydrogen) atoms. The lowest BCUT2D eigenvalue weighted by Crippen LogP contribution is -2.62. The van der Waals surface area contributed by atoms with Gasteiger partial charge in [0.2, 0.25) is 0 Å². The van der Waals surface area contributed by atoms with Gasteiger partial charge in [0.25, 0.3) is 0 Å². The van der Waals surface area contributed by atoms with Crippen molar-refractivity contribution in [2.45, 2.75) is 77.6 Å². The van der Waals surface area contributed by atoms with Crippen molar-refractivity contribution >= 4 is 13.9 Å². The zero-order valence-corrected chi connectivity index (χ0v) is 15.3. The summed E-state index contributed by atoms with van der Waals surface area (Å²) in [5.74, 6) is 0. The molecule has 0 amide bonds. The molecule has 1 aromatic rings. The molecule has 2 heteroatoms. The Morgan fingerprint density at radius 2 is 1.45 bits per heavy atom. The molecule has 0 saturated carbocycles. The number of nitrogens with zero attached hydrogens (tertiary/aromatic N) is 1. The Balaban J connectivity index is 2.60. The van der Waals surface area contributed by atoms with E-state index in [4.69, 9.17) is 0 Å². The molecule has 1 aromatic carbocycles. The Morgan fingerprint density at radius 3 is 1.95 bits per heavy atom.